The van der Waals surface area contributed by atoms with Crippen LogP contribution < -0.4 is 5.32 Å². The van der Waals surface area contributed by atoms with E-state index in [0.717, 1.165) is 12.8 Å². The SMILES string of the molecule is CCOC(=O)N1CCC(NC(=O)[C@@H]2CC(=O)N(C(C)C)C2)CC1. The summed E-state index contributed by atoms with van der Waals surface area (Å²) in [5.74, 6) is -0.249. The van der Waals surface area contributed by atoms with Gasteiger partial charge >= 0.3 is 6.09 Å². The lowest BCUT2D eigenvalue weighted by Gasteiger charge is -2.32. The Morgan fingerprint density at radius 3 is 2.48 bits per heavy atom. The van der Waals surface area contributed by atoms with Crippen LogP contribution in [-0.4, -0.2) is 66.0 Å². The Hall–Kier alpha value is -1.79. The van der Waals surface area contributed by atoms with Gasteiger partial charge in [0, 0.05) is 38.1 Å². The van der Waals surface area contributed by atoms with E-state index in [2.05, 4.69) is 5.32 Å². The fourth-order valence-electron chi connectivity index (χ4n) is 3.15. The van der Waals surface area contributed by atoms with Gasteiger partial charge in [-0.05, 0) is 33.6 Å². The minimum atomic E-state index is -0.286. The largest absolute Gasteiger partial charge is 0.450 e. The van der Waals surface area contributed by atoms with Crippen LogP contribution in [0.1, 0.15) is 40.0 Å². The molecule has 7 nitrogen and oxygen atoms in total. The molecule has 0 aliphatic carbocycles. The van der Waals surface area contributed by atoms with Crippen LogP contribution in [0.5, 0.6) is 0 Å². The Morgan fingerprint density at radius 1 is 1.30 bits per heavy atom. The third-order valence-electron chi connectivity index (χ3n) is 4.52. The first kappa shape index (κ1) is 17.6. The molecule has 2 fully saturated rings. The summed E-state index contributed by atoms with van der Waals surface area (Å²) in [4.78, 5) is 39.3. The van der Waals surface area contributed by atoms with Crippen molar-refractivity contribution in [3.05, 3.63) is 0 Å². The summed E-state index contributed by atoms with van der Waals surface area (Å²) in [6.07, 6.45) is 1.45. The van der Waals surface area contributed by atoms with Gasteiger partial charge in [0.05, 0.1) is 12.5 Å². The zero-order chi connectivity index (χ0) is 17.0. The second-order valence-corrected chi connectivity index (χ2v) is 6.51. The summed E-state index contributed by atoms with van der Waals surface area (Å²) >= 11 is 0. The topological polar surface area (TPSA) is 79.0 Å². The van der Waals surface area contributed by atoms with Crippen molar-refractivity contribution in [2.45, 2.75) is 52.1 Å². The quantitative estimate of drug-likeness (QED) is 0.836. The molecule has 2 aliphatic heterocycles. The number of amides is 3. The number of hydrogen-bond donors (Lipinski definition) is 1. The predicted molar refractivity (Wildman–Crippen MR) is 84.7 cm³/mol. The molecule has 23 heavy (non-hydrogen) atoms. The standard InChI is InChI=1S/C16H27N3O4/c1-4-23-16(22)18-7-5-13(6-8-18)17-15(21)12-9-14(20)19(10-12)11(2)3/h11-13H,4-10H2,1-3H3,(H,17,21)/t12-/m1/s1. The van der Waals surface area contributed by atoms with Crippen molar-refractivity contribution < 1.29 is 19.1 Å². The van der Waals surface area contributed by atoms with E-state index in [1.165, 1.54) is 0 Å². The van der Waals surface area contributed by atoms with Crippen molar-refractivity contribution >= 4 is 17.9 Å². The molecule has 0 radical (unpaired) electrons. The normalized spacial score (nSPS) is 22.6. The molecule has 2 aliphatic rings. The zero-order valence-corrected chi connectivity index (χ0v) is 14.2. The molecule has 0 unspecified atom stereocenters. The summed E-state index contributed by atoms with van der Waals surface area (Å²) in [5.41, 5.74) is 0. The Morgan fingerprint density at radius 2 is 1.96 bits per heavy atom. The van der Waals surface area contributed by atoms with E-state index in [9.17, 15) is 14.4 Å². The molecule has 2 rings (SSSR count). The molecule has 0 bridgehead atoms. The number of nitrogens with one attached hydrogen (secondary N) is 1. The van der Waals surface area contributed by atoms with Gasteiger partial charge in [-0.2, -0.15) is 0 Å². The van der Waals surface area contributed by atoms with E-state index in [-0.39, 0.29) is 35.9 Å². The lowest BCUT2D eigenvalue weighted by molar-refractivity contribution is -0.130. The van der Waals surface area contributed by atoms with Crippen LogP contribution in [0.15, 0.2) is 0 Å². The fourth-order valence-corrected chi connectivity index (χ4v) is 3.15. The lowest BCUT2D eigenvalue weighted by atomic mass is 10.0. The van der Waals surface area contributed by atoms with Crippen LogP contribution >= 0.6 is 0 Å². The van der Waals surface area contributed by atoms with Crippen molar-refractivity contribution in [1.29, 1.82) is 0 Å². The first-order chi connectivity index (χ1) is 10.9. The van der Waals surface area contributed by atoms with Crippen LogP contribution in [0.2, 0.25) is 0 Å². The zero-order valence-electron chi connectivity index (χ0n) is 14.2. The highest BCUT2D eigenvalue weighted by Crippen LogP contribution is 2.21. The van der Waals surface area contributed by atoms with Gasteiger partial charge in [-0.15, -0.1) is 0 Å². The molecule has 2 saturated heterocycles. The summed E-state index contributed by atoms with van der Waals surface area (Å²) in [6, 6.07) is 0.199. The maximum absolute atomic E-state index is 12.3. The molecule has 2 heterocycles. The summed E-state index contributed by atoms with van der Waals surface area (Å²) in [7, 11) is 0. The molecule has 0 aromatic rings. The van der Waals surface area contributed by atoms with Gasteiger partial charge in [0.1, 0.15) is 0 Å². The maximum atomic E-state index is 12.3. The van der Waals surface area contributed by atoms with Gasteiger partial charge in [0.25, 0.3) is 0 Å². The number of rotatable bonds is 4. The number of piperidine rings is 1. The summed E-state index contributed by atoms with van der Waals surface area (Å²) < 4.78 is 4.98. The highest BCUT2D eigenvalue weighted by Gasteiger charge is 2.36. The average molecular weight is 325 g/mol. The van der Waals surface area contributed by atoms with Crippen LogP contribution in [0.4, 0.5) is 4.79 Å². The number of hydrogen-bond acceptors (Lipinski definition) is 4. The van der Waals surface area contributed by atoms with Gasteiger partial charge in [-0.25, -0.2) is 4.79 Å². The predicted octanol–water partition coefficient (Wildman–Crippen LogP) is 0.980. The Bertz CT molecular complexity index is 458. The number of likely N-dealkylation sites (tertiary alicyclic amines) is 2. The highest BCUT2D eigenvalue weighted by atomic mass is 16.6. The van der Waals surface area contributed by atoms with E-state index >= 15 is 0 Å². The second-order valence-electron chi connectivity index (χ2n) is 6.51. The average Bonchev–Trinajstić information content (AvgIpc) is 2.90. The van der Waals surface area contributed by atoms with E-state index < -0.39 is 0 Å². The summed E-state index contributed by atoms with van der Waals surface area (Å²) in [6.45, 7) is 7.76. The fraction of sp³-hybridized carbons (Fsp3) is 0.812. The number of ether oxygens (including phenoxy) is 1. The van der Waals surface area contributed by atoms with E-state index in [1.807, 2.05) is 13.8 Å². The Kier molecular flexibility index (Phi) is 5.85. The minimum Gasteiger partial charge on any atom is -0.450 e. The molecule has 0 aromatic carbocycles. The number of nitrogens with zero attached hydrogens (tertiary/aromatic N) is 2. The number of carbonyl (C=O) groups excluding carboxylic acids is 3. The van der Waals surface area contributed by atoms with E-state index in [1.54, 1.807) is 16.7 Å². The molecule has 1 atom stereocenters. The first-order valence-corrected chi connectivity index (χ1v) is 8.43. The van der Waals surface area contributed by atoms with Gasteiger partial charge < -0.3 is 19.9 Å². The smallest absolute Gasteiger partial charge is 0.409 e. The number of carbonyl (C=O) groups is 3. The van der Waals surface area contributed by atoms with Crippen LogP contribution in [0.3, 0.4) is 0 Å². The Labute approximate surface area is 137 Å². The molecule has 130 valence electrons. The van der Waals surface area contributed by atoms with Crippen LogP contribution in [0, 0.1) is 5.92 Å². The van der Waals surface area contributed by atoms with Gasteiger partial charge in [-0.1, -0.05) is 0 Å². The molecule has 1 N–H and O–H groups in total. The summed E-state index contributed by atoms with van der Waals surface area (Å²) in [5, 5.41) is 3.04. The van der Waals surface area contributed by atoms with Gasteiger partial charge in [0.15, 0.2) is 0 Å². The van der Waals surface area contributed by atoms with Crippen molar-refractivity contribution in [1.82, 2.24) is 15.1 Å². The Balaban J connectivity index is 1.77. The first-order valence-electron chi connectivity index (χ1n) is 8.43. The van der Waals surface area contributed by atoms with Crippen LogP contribution in [0.25, 0.3) is 0 Å². The van der Waals surface area contributed by atoms with Crippen molar-refractivity contribution in [3.8, 4) is 0 Å². The van der Waals surface area contributed by atoms with Crippen LogP contribution in [-0.2, 0) is 14.3 Å². The van der Waals surface area contributed by atoms with Crippen molar-refractivity contribution in [3.63, 3.8) is 0 Å². The molecular weight excluding hydrogens is 298 g/mol. The molecule has 0 saturated carbocycles. The van der Waals surface area contributed by atoms with Crippen molar-refractivity contribution in [2.75, 3.05) is 26.2 Å². The second kappa shape index (κ2) is 7.66. The molecular formula is C16H27N3O4. The van der Waals surface area contributed by atoms with Crippen molar-refractivity contribution in [2.24, 2.45) is 5.92 Å². The lowest BCUT2D eigenvalue weighted by Crippen LogP contribution is -2.48. The van der Waals surface area contributed by atoms with Gasteiger partial charge in [-0.3, -0.25) is 9.59 Å². The third kappa shape index (κ3) is 4.36. The van der Waals surface area contributed by atoms with E-state index in [4.69, 9.17) is 4.74 Å². The molecule has 3 amide bonds. The minimum absolute atomic E-state index is 0.0453. The monoisotopic (exact) mass is 325 g/mol. The highest BCUT2D eigenvalue weighted by molar-refractivity contribution is 5.89. The van der Waals surface area contributed by atoms with Gasteiger partial charge in [0.2, 0.25) is 11.8 Å². The van der Waals surface area contributed by atoms with E-state index in [0.29, 0.717) is 32.7 Å². The molecule has 0 aromatic heterocycles. The molecule has 7 heteroatoms. The maximum Gasteiger partial charge on any atom is 0.409 e. The molecule has 0 spiro atoms. The third-order valence-corrected chi connectivity index (χ3v) is 4.52.